The van der Waals surface area contributed by atoms with Crippen LogP contribution in [0, 0.1) is 0 Å². The standard InChI is InChI=1S/C29H25N7O2/c1-34-16-21(19-6-3-5-9-24(19)34)28(37)23-14-26(32-17-31-23)35-12-10-18(11-13-35)36-25-15-30-22-8-4-2-7-20(22)27(25)33-29(36)38/h2-9,14-18H,10-13H2,1H3,(H,33,38). The van der Waals surface area contributed by atoms with Gasteiger partial charge in [0.25, 0.3) is 0 Å². The molecule has 5 heterocycles. The molecule has 9 nitrogen and oxygen atoms in total. The number of fused-ring (bicyclic) bond motifs is 4. The highest BCUT2D eigenvalue weighted by Crippen LogP contribution is 2.30. The van der Waals surface area contributed by atoms with Gasteiger partial charge in [0.2, 0.25) is 5.78 Å². The molecule has 0 spiro atoms. The number of ketones is 1. The maximum absolute atomic E-state index is 13.4. The number of piperidine rings is 1. The zero-order chi connectivity index (χ0) is 25.8. The minimum absolute atomic E-state index is 0.0501. The summed E-state index contributed by atoms with van der Waals surface area (Å²) in [4.78, 5) is 44.9. The van der Waals surface area contributed by atoms with E-state index in [9.17, 15) is 9.59 Å². The number of imidazole rings is 1. The van der Waals surface area contributed by atoms with Crippen molar-refractivity contribution >= 4 is 44.4 Å². The molecular formula is C29H25N7O2. The van der Waals surface area contributed by atoms with E-state index in [0.29, 0.717) is 24.3 Å². The minimum Gasteiger partial charge on any atom is -0.356 e. The number of nitrogens with one attached hydrogen (secondary N) is 1. The molecule has 1 fully saturated rings. The van der Waals surface area contributed by atoms with Crippen LogP contribution in [0.25, 0.3) is 32.8 Å². The average molecular weight is 504 g/mol. The van der Waals surface area contributed by atoms with Crippen molar-refractivity contribution in [1.82, 2.24) is 29.1 Å². The van der Waals surface area contributed by atoms with Crippen LogP contribution in [-0.4, -0.2) is 47.9 Å². The van der Waals surface area contributed by atoms with Gasteiger partial charge in [-0.3, -0.25) is 14.3 Å². The van der Waals surface area contributed by atoms with E-state index in [2.05, 4.69) is 24.8 Å². The lowest BCUT2D eigenvalue weighted by atomic mass is 10.0. The van der Waals surface area contributed by atoms with Gasteiger partial charge in [-0.05, 0) is 25.0 Å². The summed E-state index contributed by atoms with van der Waals surface area (Å²) in [5, 5.41) is 1.86. The molecule has 0 radical (unpaired) electrons. The molecule has 0 saturated carbocycles. The molecule has 0 unspecified atom stereocenters. The zero-order valence-electron chi connectivity index (χ0n) is 20.8. The average Bonchev–Trinajstić information content (AvgIpc) is 3.49. The second kappa shape index (κ2) is 8.65. The van der Waals surface area contributed by atoms with Crippen LogP contribution in [0.15, 0.2) is 78.1 Å². The molecule has 1 N–H and O–H groups in total. The topological polar surface area (TPSA) is 102 Å². The summed E-state index contributed by atoms with van der Waals surface area (Å²) in [5.74, 6) is 0.603. The molecule has 9 heteroatoms. The van der Waals surface area contributed by atoms with Crippen molar-refractivity contribution in [2.75, 3.05) is 18.0 Å². The van der Waals surface area contributed by atoms with Crippen molar-refractivity contribution in [3.05, 3.63) is 95.1 Å². The lowest BCUT2D eigenvalue weighted by molar-refractivity contribution is 0.103. The number of benzene rings is 2. The van der Waals surface area contributed by atoms with E-state index in [4.69, 9.17) is 0 Å². The quantitative estimate of drug-likeness (QED) is 0.361. The van der Waals surface area contributed by atoms with E-state index in [0.717, 1.165) is 51.5 Å². The van der Waals surface area contributed by atoms with Crippen LogP contribution in [0.5, 0.6) is 0 Å². The molecule has 1 aliphatic rings. The number of hydrogen-bond donors (Lipinski definition) is 1. The van der Waals surface area contributed by atoms with E-state index in [1.54, 1.807) is 12.3 Å². The summed E-state index contributed by atoms with van der Waals surface area (Å²) < 4.78 is 3.81. The Morgan fingerprint density at radius 1 is 0.947 bits per heavy atom. The number of nitrogens with zero attached hydrogens (tertiary/aromatic N) is 6. The minimum atomic E-state index is -0.120. The molecule has 1 aliphatic heterocycles. The number of aromatic amines is 1. The molecule has 0 bridgehead atoms. The third-order valence-electron chi connectivity index (χ3n) is 7.65. The summed E-state index contributed by atoms with van der Waals surface area (Å²) in [7, 11) is 1.94. The van der Waals surface area contributed by atoms with Gasteiger partial charge >= 0.3 is 5.69 Å². The number of aryl methyl sites for hydroxylation is 1. The molecule has 1 saturated heterocycles. The highest BCUT2D eigenvalue weighted by molar-refractivity contribution is 6.15. The first kappa shape index (κ1) is 22.4. The smallest absolute Gasteiger partial charge is 0.326 e. The van der Waals surface area contributed by atoms with Gasteiger partial charge in [-0.15, -0.1) is 0 Å². The summed E-state index contributed by atoms with van der Waals surface area (Å²) in [6.45, 7) is 1.42. The predicted octanol–water partition coefficient (Wildman–Crippen LogP) is 4.23. The Bertz CT molecular complexity index is 1910. The van der Waals surface area contributed by atoms with Gasteiger partial charge in [0.05, 0.1) is 22.7 Å². The third-order valence-corrected chi connectivity index (χ3v) is 7.65. The maximum atomic E-state index is 13.4. The molecule has 188 valence electrons. The molecule has 0 atom stereocenters. The zero-order valence-corrected chi connectivity index (χ0v) is 20.8. The largest absolute Gasteiger partial charge is 0.356 e. The van der Waals surface area contributed by atoms with Gasteiger partial charge in [-0.2, -0.15) is 0 Å². The predicted molar refractivity (Wildman–Crippen MR) is 147 cm³/mol. The third kappa shape index (κ3) is 3.50. The molecule has 2 aromatic carbocycles. The Hall–Kier alpha value is -4.79. The van der Waals surface area contributed by atoms with Crippen LogP contribution in [-0.2, 0) is 7.05 Å². The highest BCUT2D eigenvalue weighted by atomic mass is 16.1. The second-order valence-electron chi connectivity index (χ2n) is 9.82. The monoisotopic (exact) mass is 503 g/mol. The molecule has 6 aromatic rings. The summed E-state index contributed by atoms with van der Waals surface area (Å²) in [5.41, 5.74) is 4.42. The Kier molecular flexibility index (Phi) is 5.10. The number of rotatable bonds is 4. The van der Waals surface area contributed by atoms with Gasteiger partial charge in [-0.1, -0.05) is 36.4 Å². The number of para-hydroxylation sites is 2. The number of carbonyl (C=O) groups excluding carboxylic acids is 1. The van der Waals surface area contributed by atoms with E-state index in [1.165, 1.54) is 6.33 Å². The molecule has 0 amide bonds. The maximum Gasteiger partial charge on any atom is 0.326 e. The van der Waals surface area contributed by atoms with Crippen LogP contribution in [0.1, 0.15) is 34.9 Å². The molecule has 7 rings (SSSR count). The van der Waals surface area contributed by atoms with Crippen molar-refractivity contribution in [3.63, 3.8) is 0 Å². The fraction of sp³-hybridized carbons (Fsp3) is 0.207. The van der Waals surface area contributed by atoms with E-state index in [1.807, 2.05) is 70.9 Å². The Labute approximate surface area is 217 Å². The lowest BCUT2D eigenvalue weighted by Crippen LogP contribution is -2.37. The fourth-order valence-electron chi connectivity index (χ4n) is 5.74. The number of pyridine rings is 1. The first-order valence-corrected chi connectivity index (χ1v) is 12.7. The summed E-state index contributed by atoms with van der Waals surface area (Å²) >= 11 is 0. The van der Waals surface area contributed by atoms with Crippen LogP contribution < -0.4 is 10.6 Å². The normalized spacial score (nSPS) is 14.6. The van der Waals surface area contributed by atoms with Crippen molar-refractivity contribution in [1.29, 1.82) is 0 Å². The Morgan fingerprint density at radius 3 is 2.55 bits per heavy atom. The van der Waals surface area contributed by atoms with Crippen LogP contribution in [0.2, 0.25) is 0 Å². The van der Waals surface area contributed by atoms with Crippen molar-refractivity contribution in [2.45, 2.75) is 18.9 Å². The van der Waals surface area contributed by atoms with Gasteiger partial charge in [-0.25, -0.2) is 14.8 Å². The van der Waals surface area contributed by atoms with Gasteiger partial charge in [0.15, 0.2) is 0 Å². The number of anilines is 1. The molecule has 4 aromatic heterocycles. The van der Waals surface area contributed by atoms with Crippen molar-refractivity contribution in [2.24, 2.45) is 7.05 Å². The van der Waals surface area contributed by atoms with Crippen LogP contribution >= 0.6 is 0 Å². The van der Waals surface area contributed by atoms with Crippen molar-refractivity contribution in [3.8, 4) is 0 Å². The van der Waals surface area contributed by atoms with E-state index >= 15 is 0 Å². The lowest BCUT2D eigenvalue weighted by Gasteiger charge is -2.33. The van der Waals surface area contributed by atoms with Gasteiger partial charge in [0.1, 0.15) is 17.8 Å². The molecular weight excluding hydrogens is 478 g/mol. The summed E-state index contributed by atoms with van der Waals surface area (Å²) in [6, 6.07) is 17.5. The van der Waals surface area contributed by atoms with Crippen LogP contribution in [0.3, 0.4) is 0 Å². The molecule has 0 aliphatic carbocycles. The van der Waals surface area contributed by atoms with Crippen molar-refractivity contribution < 1.29 is 4.79 Å². The first-order valence-electron chi connectivity index (χ1n) is 12.7. The number of hydrogen-bond acceptors (Lipinski definition) is 6. The van der Waals surface area contributed by atoms with Gasteiger partial charge in [0, 0.05) is 60.3 Å². The number of carbonyl (C=O) groups is 1. The highest BCUT2D eigenvalue weighted by Gasteiger charge is 2.26. The Morgan fingerprint density at radius 2 is 1.71 bits per heavy atom. The number of H-pyrrole nitrogens is 1. The molecule has 38 heavy (non-hydrogen) atoms. The summed E-state index contributed by atoms with van der Waals surface area (Å²) in [6.07, 6.45) is 6.65. The fourth-order valence-corrected chi connectivity index (χ4v) is 5.74. The van der Waals surface area contributed by atoms with Crippen LogP contribution in [0.4, 0.5) is 5.82 Å². The van der Waals surface area contributed by atoms with E-state index in [-0.39, 0.29) is 17.5 Å². The SMILES string of the molecule is Cn1cc(C(=O)c2cc(N3CCC(n4c(=O)[nH]c5c6ccccc6ncc54)CC3)ncn2)c2ccccc21. The number of aromatic nitrogens is 6. The van der Waals surface area contributed by atoms with Gasteiger partial charge < -0.3 is 14.5 Å². The first-order chi connectivity index (χ1) is 18.6. The van der Waals surface area contributed by atoms with E-state index < -0.39 is 0 Å². The second-order valence-corrected chi connectivity index (χ2v) is 9.82. The Balaban J connectivity index is 1.14.